The van der Waals surface area contributed by atoms with Crippen LogP contribution in [0.4, 0.5) is 4.39 Å². The fourth-order valence-corrected chi connectivity index (χ4v) is 1.58. The Bertz CT molecular complexity index is 336. The van der Waals surface area contributed by atoms with E-state index in [0.29, 0.717) is 0 Å². The van der Waals surface area contributed by atoms with Gasteiger partial charge in [-0.1, -0.05) is 12.6 Å². The molecule has 13 heavy (non-hydrogen) atoms. The first-order valence-electron chi connectivity index (χ1n) is 4.19. The number of hydrazine groups is 1. The van der Waals surface area contributed by atoms with E-state index in [0.717, 1.165) is 18.7 Å². The van der Waals surface area contributed by atoms with Crippen molar-refractivity contribution in [1.29, 1.82) is 0 Å². The summed E-state index contributed by atoms with van der Waals surface area (Å²) in [6, 6.07) is 4.91. The average Bonchev–Trinajstić information content (AvgIpc) is 2.46. The van der Waals surface area contributed by atoms with Gasteiger partial charge >= 0.3 is 0 Å². The summed E-state index contributed by atoms with van der Waals surface area (Å²) < 4.78 is 12.8. The number of fused-ring (bicyclic) bond motifs is 1. The van der Waals surface area contributed by atoms with Crippen molar-refractivity contribution in [3.8, 4) is 0 Å². The lowest BCUT2D eigenvalue weighted by Crippen LogP contribution is -2.28. The van der Waals surface area contributed by atoms with Gasteiger partial charge < -0.3 is 5.43 Å². The Balaban J connectivity index is 2.20. The smallest absolute Gasteiger partial charge is 0.123 e. The Kier molecular flexibility index (Phi) is 2.02. The molecule has 0 fully saturated rings. The van der Waals surface area contributed by atoms with Gasteiger partial charge in [0.1, 0.15) is 5.82 Å². The van der Waals surface area contributed by atoms with Crippen molar-refractivity contribution in [2.24, 2.45) is 0 Å². The molecule has 2 rings (SSSR count). The second kappa shape index (κ2) is 3.18. The third-order valence-corrected chi connectivity index (χ3v) is 2.16. The summed E-state index contributed by atoms with van der Waals surface area (Å²) in [5.41, 5.74) is 5.21. The summed E-state index contributed by atoms with van der Waals surface area (Å²) in [7, 11) is 0. The highest BCUT2D eigenvalue weighted by molar-refractivity contribution is 5.30. The number of nitrogens with one attached hydrogen (secondary N) is 1. The fourth-order valence-electron chi connectivity index (χ4n) is 1.58. The van der Waals surface area contributed by atoms with Gasteiger partial charge in [0.2, 0.25) is 0 Å². The average molecular weight is 178 g/mol. The molecule has 68 valence electrons. The lowest BCUT2D eigenvalue weighted by atomic mass is 10.1. The molecular formula is C10H11FN2. The molecule has 1 heterocycles. The summed E-state index contributed by atoms with van der Waals surface area (Å²) >= 11 is 0. The van der Waals surface area contributed by atoms with E-state index in [1.165, 1.54) is 11.6 Å². The minimum absolute atomic E-state index is 0.167. The molecule has 1 aromatic rings. The Hall–Kier alpha value is -1.35. The first-order chi connectivity index (χ1) is 6.29. The molecule has 0 saturated carbocycles. The second-order valence-corrected chi connectivity index (χ2v) is 3.10. The zero-order valence-electron chi connectivity index (χ0n) is 7.26. The molecule has 0 aromatic heterocycles. The highest BCUT2D eigenvalue weighted by Crippen LogP contribution is 2.21. The van der Waals surface area contributed by atoms with Crippen molar-refractivity contribution in [3.05, 3.63) is 47.9 Å². The molecule has 1 aromatic carbocycles. The van der Waals surface area contributed by atoms with Crippen molar-refractivity contribution in [1.82, 2.24) is 10.4 Å². The topological polar surface area (TPSA) is 15.3 Å². The number of hydrogen-bond acceptors (Lipinski definition) is 2. The van der Waals surface area contributed by atoms with Gasteiger partial charge in [-0.15, -0.1) is 0 Å². The molecule has 1 aliphatic heterocycles. The summed E-state index contributed by atoms with van der Waals surface area (Å²) in [6.07, 6.45) is 1.63. The van der Waals surface area contributed by atoms with Crippen LogP contribution in [0.5, 0.6) is 0 Å². The quantitative estimate of drug-likeness (QED) is 0.742. The van der Waals surface area contributed by atoms with Crippen molar-refractivity contribution in [2.75, 3.05) is 0 Å². The van der Waals surface area contributed by atoms with Gasteiger partial charge in [-0.25, -0.2) is 9.40 Å². The first-order valence-corrected chi connectivity index (χ1v) is 4.19. The maximum absolute atomic E-state index is 12.8. The lowest BCUT2D eigenvalue weighted by molar-refractivity contribution is 0.227. The molecule has 2 nitrogen and oxygen atoms in total. The van der Waals surface area contributed by atoms with Crippen LogP contribution in [-0.2, 0) is 13.1 Å². The Labute approximate surface area is 76.6 Å². The van der Waals surface area contributed by atoms with E-state index in [9.17, 15) is 4.39 Å². The number of halogens is 1. The zero-order chi connectivity index (χ0) is 9.26. The highest BCUT2D eigenvalue weighted by Gasteiger charge is 2.17. The monoisotopic (exact) mass is 178 g/mol. The molecular weight excluding hydrogens is 167 g/mol. The zero-order valence-corrected chi connectivity index (χ0v) is 7.26. The summed E-state index contributed by atoms with van der Waals surface area (Å²) in [5, 5.41) is 1.98. The Morgan fingerprint density at radius 2 is 2.15 bits per heavy atom. The van der Waals surface area contributed by atoms with E-state index in [-0.39, 0.29) is 5.82 Å². The van der Waals surface area contributed by atoms with Crippen molar-refractivity contribution < 1.29 is 4.39 Å². The van der Waals surface area contributed by atoms with Crippen molar-refractivity contribution in [3.63, 3.8) is 0 Å². The van der Waals surface area contributed by atoms with Crippen LogP contribution in [-0.4, -0.2) is 5.01 Å². The highest BCUT2D eigenvalue weighted by atomic mass is 19.1. The number of rotatable bonds is 2. The number of nitrogens with zero attached hydrogens (tertiary/aromatic N) is 1. The van der Waals surface area contributed by atoms with Gasteiger partial charge in [-0.2, -0.15) is 0 Å². The predicted octanol–water partition coefficient (Wildman–Crippen LogP) is 1.79. The first kappa shape index (κ1) is 8.26. The number of hydrogen-bond donors (Lipinski definition) is 1. The van der Waals surface area contributed by atoms with E-state index in [1.54, 1.807) is 12.3 Å². The molecule has 0 amide bonds. The fraction of sp³-hybridized carbons (Fsp3) is 0.200. The normalized spacial score (nSPS) is 15.5. The molecule has 0 spiro atoms. The van der Waals surface area contributed by atoms with Crippen LogP contribution in [0, 0.1) is 5.82 Å². The van der Waals surface area contributed by atoms with Crippen molar-refractivity contribution >= 4 is 0 Å². The van der Waals surface area contributed by atoms with Gasteiger partial charge in [-0.3, -0.25) is 0 Å². The summed E-state index contributed by atoms with van der Waals surface area (Å²) in [6.45, 7) is 5.12. The number of benzene rings is 1. The molecule has 3 heteroatoms. The van der Waals surface area contributed by atoms with Gasteiger partial charge in [0.25, 0.3) is 0 Å². The molecule has 0 saturated heterocycles. The SMILES string of the molecule is C=CNN1Cc2ccc(F)cc2C1. The molecule has 0 unspecified atom stereocenters. The lowest BCUT2D eigenvalue weighted by Gasteiger charge is -2.13. The van der Waals surface area contributed by atoms with Crippen LogP contribution >= 0.6 is 0 Å². The van der Waals surface area contributed by atoms with Crippen LogP contribution in [0.1, 0.15) is 11.1 Å². The minimum Gasteiger partial charge on any atom is -0.326 e. The molecule has 1 aliphatic rings. The van der Waals surface area contributed by atoms with Crippen molar-refractivity contribution in [2.45, 2.75) is 13.1 Å². The Morgan fingerprint density at radius 3 is 2.92 bits per heavy atom. The predicted molar refractivity (Wildman–Crippen MR) is 49.0 cm³/mol. The second-order valence-electron chi connectivity index (χ2n) is 3.10. The van der Waals surface area contributed by atoms with Gasteiger partial charge in [-0.05, 0) is 23.3 Å². The maximum atomic E-state index is 12.8. The van der Waals surface area contributed by atoms with E-state index in [2.05, 4.69) is 12.0 Å². The molecule has 0 bridgehead atoms. The van der Waals surface area contributed by atoms with Crippen LogP contribution in [0.15, 0.2) is 31.0 Å². The molecule has 0 aliphatic carbocycles. The van der Waals surface area contributed by atoms with Gasteiger partial charge in [0.15, 0.2) is 0 Å². The van der Waals surface area contributed by atoms with E-state index >= 15 is 0 Å². The van der Waals surface area contributed by atoms with Crippen LogP contribution in [0.3, 0.4) is 0 Å². The van der Waals surface area contributed by atoms with E-state index < -0.39 is 0 Å². The third-order valence-electron chi connectivity index (χ3n) is 2.16. The minimum atomic E-state index is -0.167. The summed E-state index contributed by atoms with van der Waals surface area (Å²) in [5.74, 6) is -0.167. The largest absolute Gasteiger partial charge is 0.326 e. The molecule has 1 N–H and O–H groups in total. The van der Waals surface area contributed by atoms with Crippen LogP contribution in [0.2, 0.25) is 0 Å². The Morgan fingerprint density at radius 1 is 1.38 bits per heavy atom. The van der Waals surface area contributed by atoms with Crippen LogP contribution in [0.25, 0.3) is 0 Å². The maximum Gasteiger partial charge on any atom is 0.123 e. The van der Waals surface area contributed by atoms with Gasteiger partial charge in [0.05, 0.1) is 0 Å². The van der Waals surface area contributed by atoms with Crippen LogP contribution < -0.4 is 5.43 Å². The molecule has 0 radical (unpaired) electrons. The molecule has 0 atom stereocenters. The standard InChI is InChI=1S/C10H11FN2/c1-2-12-13-6-8-3-4-10(11)5-9(8)7-13/h2-5,12H,1,6-7H2. The van der Waals surface area contributed by atoms with E-state index in [4.69, 9.17) is 0 Å². The third kappa shape index (κ3) is 1.55. The van der Waals surface area contributed by atoms with Gasteiger partial charge in [0, 0.05) is 19.3 Å². The summed E-state index contributed by atoms with van der Waals surface area (Å²) in [4.78, 5) is 0. The van der Waals surface area contributed by atoms with E-state index in [1.807, 2.05) is 11.1 Å².